The molecule has 1 unspecified atom stereocenters. The van der Waals surface area contributed by atoms with E-state index in [1.807, 2.05) is 12.1 Å². The summed E-state index contributed by atoms with van der Waals surface area (Å²) in [6.07, 6.45) is 0. The Kier molecular flexibility index (Phi) is 4.43. The molecule has 0 aliphatic heterocycles. The summed E-state index contributed by atoms with van der Waals surface area (Å²) in [6, 6.07) is 8.83. The third-order valence-corrected chi connectivity index (χ3v) is 2.87. The van der Waals surface area contributed by atoms with Crippen LogP contribution in [0.5, 0.6) is 0 Å². The van der Waals surface area contributed by atoms with Gasteiger partial charge in [0.2, 0.25) is 0 Å². The number of hydrogen-bond donors (Lipinski definition) is 1. The molecule has 1 nitrogen and oxygen atoms in total. The smallest absolute Gasteiger partial charge is 0.103 e. The van der Waals surface area contributed by atoms with Crippen LogP contribution < -0.4 is 4.90 Å². The van der Waals surface area contributed by atoms with Gasteiger partial charge in [0.1, 0.15) is 6.54 Å². The normalized spacial score (nSPS) is 13.2. The van der Waals surface area contributed by atoms with Crippen molar-refractivity contribution in [1.29, 1.82) is 0 Å². The second kappa shape index (κ2) is 5.38. The van der Waals surface area contributed by atoms with Crippen LogP contribution in [0.4, 0.5) is 0 Å². The number of benzene rings is 1. The van der Waals surface area contributed by atoms with Gasteiger partial charge in [0.05, 0.1) is 12.6 Å². The quantitative estimate of drug-likeness (QED) is 0.780. The molecule has 1 aromatic rings. The molecule has 78 valence electrons. The minimum atomic E-state index is 0.677. The maximum atomic E-state index is 5.84. The molecule has 1 atom stereocenters. The molecule has 0 bridgehead atoms. The van der Waals surface area contributed by atoms with Gasteiger partial charge in [-0.15, -0.1) is 0 Å². The minimum absolute atomic E-state index is 0.677. The summed E-state index contributed by atoms with van der Waals surface area (Å²) in [7, 11) is 0. The molecule has 1 rings (SSSR count). The number of nitrogens with one attached hydrogen (secondary N) is 1. The summed E-state index contributed by atoms with van der Waals surface area (Å²) in [5, 5.41) is 0.816. The summed E-state index contributed by atoms with van der Waals surface area (Å²) < 4.78 is 0. The SMILES string of the molecule is CC[NH+](Cc1ccc(Cl)cc1)C(C)C. The standard InChI is InChI=1S/C12H18ClN/c1-4-14(10(2)3)9-11-5-7-12(13)8-6-11/h5-8,10H,4,9H2,1-3H3/p+1. The van der Waals surface area contributed by atoms with E-state index in [0.29, 0.717) is 6.04 Å². The van der Waals surface area contributed by atoms with E-state index in [0.717, 1.165) is 11.6 Å². The second-order valence-corrected chi connectivity index (χ2v) is 4.41. The first-order valence-corrected chi connectivity index (χ1v) is 5.60. The van der Waals surface area contributed by atoms with Crippen LogP contribution in [0.1, 0.15) is 26.3 Å². The van der Waals surface area contributed by atoms with Gasteiger partial charge in [-0.1, -0.05) is 23.7 Å². The van der Waals surface area contributed by atoms with Crippen molar-refractivity contribution < 1.29 is 4.90 Å². The Bertz CT molecular complexity index is 266. The van der Waals surface area contributed by atoms with Gasteiger partial charge in [0.15, 0.2) is 0 Å². The van der Waals surface area contributed by atoms with E-state index in [-0.39, 0.29) is 0 Å². The van der Waals surface area contributed by atoms with Crippen molar-refractivity contribution in [3.63, 3.8) is 0 Å². The molecule has 1 N–H and O–H groups in total. The van der Waals surface area contributed by atoms with Crippen molar-refractivity contribution in [2.24, 2.45) is 0 Å². The number of rotatable bonds is 4. The molecule has 14 heavy (non-hydrogen) atoms. The van der Waals surface area contributed by atoms with Crippen molar-refractivity contribution in [2.45, 2.75) is 33.4 Å². The predicted octanol–water partition coefficient (Wildman–Crippen LogP) is 2.15. The van der Waals surface area contributed by atoms with E-state index < -0.39 is 0 Å². The van der Waals surface area contributed by atoms with Crippen LogP contribution in [0.15, 0.2) is 24.3 Å². The van der Waals surface area contributed by atoms with Crippen LogP contribution in [0.3, 0.4) is 0 Å². The zero-order valence-electron chi connectivity index (χ0n) is 9.18. The highest BCUT2D eigenvalue weighted by atomic mass is 35.5. The molecule has 0 aromatic heterocycles. The summed E-state index contributed by atoms with van der Waals surface area (Å²) in [4.78, 5) is 1.60. The summed E-state index contributed by atoms with van der Waals surface area (Å²) in [5.74, 6) is 0. The van der Waals surface area contributed by atoms with E-state index in [2.05, 4.69) is 32.9 Å². The van der Waals surface area contributed by atoms with E-state index in [1.54, 1.807) is 4.90 Å². The lowest BCUT2D eigenvalue weighted by atomic mass is 10.2. The highest BCUT2D eigenvalue weighted by Gasteiger charge is 2.10. The second-order valence-electron chi connectivity index (χ2n) is 3.97. The van der Waals surface area contributed by atoms with Crippen LogP contribution in [-0.2, 0) is 6.54 Å². The lowest BCUT2D eigenvalue weighted by Gasteiger charge is -2.21. The molecule has 0 saturated heterocycles. The first-order valence-electron chi connectivity index (χ1n) is 5.22. The minimum Gasteiger partial charge on any atom is -0.329 e. The molecular formula is C12H19ClN+. The van der Waals surface area contributed by atoms with Gasteiger partial charge in [0, 0.05) is 10.6 Å². The molecule has 0 radical (unpaired) electrons. The fourth-order valence-corrected chi connectivity index (χ4v) is 1.73. The van der Waals surface area contributed by atoms with Crippen molar-refractivity contribution in [3.8, 4) is 0 Å². The van der Waals surface area contributed by atoms with Crippen LogP contribution in [0, 0.1) is 0 Å². The third kappa shape index (κ3) is 3.32. The Balaban J connectivity index is 2.63. The van der Waals surface area contributed by atoms with Crippen molar-refractivity contribution in [2.75, 3.05) is 6.54 Å². The average Bonchev–Trinajstić information content (AvgIpc) is 2.16. The van der Waals surface area contributed by atoms with Gasteiger partial charge >= 0.3 is 0 Å². The Hall–Kier alpha value is -0.530. The molecular weight excluding hydrogens is 194 g/mol. The number of halogens is 1. The topological polar surface area (TPSA) is 4.44 Å². The molecule has 0 saturated carbocycles. The summed E-state index contributed by atoms with van der Waals surface area (Å²) in [6.45, 7) is 9.00. The molecule has 2 heteroatoms. The van der Waals surface area contributed by atoms with E-state index >= 15 is 0 Å². The first-order chi connectivity index (χ1) is 6.63. The van der Waals surface area contributed by atoms with Gasteiger partial charge in [-0.05, 0) is 32.9 Å². The lowest BCUT2D eigenvalue weighted by Crippen LogP contribution is -3.13. The third-order valence-electron chi connectivity index (χ3n) is 2.62. The van der Waals surface area contributed by atoms with Crippen LogP contribution >= 0.6 is 11.6 Å². The first kappa shape index (κ1) is 11.5. The van der Waals surface area contributed by atoms with Crippen LogP contribution in [0.2, 0.25) is 5.02 Å². The van der Waals surface area contributed by atoms with Crippen molar-refractivity contribution in [1.82, 2.24) is 0 Å². The Morgan fingerprint density at radius 3 is 2.21 bits per heavy atom. The van der Waals surface area contributed by atoms with Crippen LogP contribution in [-0.4, -0.2) is 12.6 Å². The van der Waals surface area contributed by atoms with Gasteiger partial charge in [-0.2, -0.15) is 0 Å². The highest BCUT2D eigenvalue weighted by Crippen LogP contribution is 2.08. The predicted molar refractivity (Wildman–Crippen MR) is 61.8 cm³/mol. The Labute approximate surface area is 91.7 Å². The fourth-order valence-electron chi connectivity index (χ4n) is 1.60. The fraction of sp³-hybridized carbons (Fsp3) is 0.500. The van der Waals surface area contributed by atoms with Crippen molar-refractivity contribution in [3.05, 3.63) is 34.9 Å². The maximum absolute atomic E-state index is 5.84. The molecule has 0 aliphatic carbocycles. The lowest BCUT2D eigenvalue weighted by molar-refractivity contribution is -0.933. The van der Waals surface area contributed by atoms with Crippen LogP contribution in [0.25, 0.3) is 0 Å². The van der Waals surface area contributed by atoms with E-state index in [9.17, 15) is 0 Å². The summed E-state index contributed by atoms with van der Waals surface area (Å²) >= 11 is 5.84. The molecule has 0 amide bonds. The van der Waals surface area contributed by atoms with Gasteiger partial charge < -0.3 is 4.90 Å². The van der Waals surface area contributed by atoms with E-state index in [1.165, 1.54) is 12.1 Å². The zero-order chi connectivity index (χ0) is 10.6. The van der Waals surface area contributed by atoms with Gasteiger partial charge in [-0.3, -0.25) is 0 Å². The molecule has 0 fully saturated rings. The summed E-state index contributed by atoms with van der Waals surface area (Å²) in [5.41, 5.74) is 1.36. The van der Waals surface area contributed by atoms with Gasteiger partial charge in [0.25, 0.3) is 0 Å². The highest BCUT2D eigenvalue weighted by molar-refractivity contribution is 6.30. The molecule has 1 aromatic carbocycles. The maximum Gasteiger partial charge on any atom is 0.103 e. The van der Waals surface area contributed by atoms with Gasteiger partial charge in [-0.25, -0.2) is 0 Å². The monoisotopic (exact) mass is 212 g/mol. The average molecular weight is 213 g/mol. The largest absolute Gasteiger partial charge is 0.329 e. The number of quaternary nitrogens is 1. The molecule has 0 aliphatic rings. The Morgan fingerprint density at radius 1 is 1.21 bits per heavy atom. The van der Waals surface area contributed by atoms with E-state index in [4.69, 9.17) is 11.6 Å². The molecule has 0 spiro atoms. The zero-order valence-corrected chi connectivity index (χ0v) is 9.93. The number of hydrogen-bond acceptors (Lipinski definition) is 0. The van der Waals surface area contributed by atoms with Crippen molar-refractivity contribution >= 4 is 11.6 Å². The molecule has 0 heterocycles. The Morgan fingerprint density at radius 2 is 1.79 bits per heavy atom.